The molecule has 1 aliphatic rings. The van der Waals surface area contributed by atoms with Crippen molar-refractivity contribution in [3.8, 4) is 11.1 Å². The van der Waals surface area contributed by atoms with E-state index in [2.05, 4.69) is 16.4 Å². The lowest BCUT2D eigenvalue weighted by Gasteiger charge is -2.16. The second kappa shape index (κ2) is 4.42. The minimum Gasteiger partial charge on any atom is -0.310 e. The zero-order valence-corrected chi connectivity index (χ0v) is 10.4. The Hall–Kier alpha value is -1.87. The van der Waals surface area contributed by atoms with Gasteiger partial charge in [-0.1, -0.05) is 23.7 Å². The van der Waals surface area contributed by atoms with Crippen molar-refractivity contribution < 1.29 is 4.79 Å². The Morgan fingerprint density at radius 1 is 1.11 bits per heavy atom. The van der Waals surface area contributed by atoms with Gasteiger partial charge in [-0.05, 0) is 35.7 Å². The first-order valence-corrected chi connectivity index (χ1v) is 6.15. The highest BCUT2D eigenvalue weighted by Crippen LogP contribution is 2.27. The molecule has 1 N–H and O–H groups in total. The average molecular weight is 259 g/mol. The lowest BCUT2D eigenvalue weighted by Crippen LogP contribution is -2.20. The first kappa shape index (κ1) is 11.2. The summed E-state index contributed by atoms with van der Waals surface area (Å²) in [7, 11) is 0. The Balaban J connectivity index is 1.99. The number of fused-ring (bicyclic) bond motifs is 1. The van der Waals surface area contributed by atoms with Crippen LogP contribution < -0.4 is 5.32 Å². The third kappa shape index (κ3) is 2.09. The van der Waals surface area contributed by atoms with Gasteiger partial charge in [0.25, 0.3) is 0 Å². The van der Waals surface area contributed by atoms with Crippen LogP contribution >= 0.6 is 11.6 Å². The molecule has 2 aromatic rings. The number of aromatic nitrogens is 1. The number of nitrogens with zero attached hydrogens (tertiary/aromatic N) is 1. The van der Waals surface area contributed by atoms with E-state index in [0.29, 0.717) is 12.2 Å². The summed E-state index contributed by atoms with van der Waals surface area (Å²) < 4.78 is 0. The van der Waals surface area contributed by atoms with E-state index < -0.39 is 0 Å². The number of halogens is 1. The number of benzene rings is 1. The zero-order chi connectivity index (χ0) is 12.5. The van der Waals surface area contributed by atoms with E-state index in [1.165, 1.54) is 0 Å². The third-order valence-electron chi connectivity index (χ3n) is 3.02. The van der Waals surface area contributed by atoms with E-state index in [1.807, 2.05) is 24.3 Å². The number of hydrogen-bond acceptors (Lipinski definition) is 2. The van der Waals surface area contributed by atoms with Crippen LogP contribution in [0.1, 0.15) is 12.0 Å². The molecule has 0 spiro atoms. The number of carbonyl (C=O) groups excluding carboxylic acids is 1. The van der Waals surface area contributed by atoms with Gasteiger partial charge in [-0.25, -0.2) is 4.98 Å². The van der Waals surface area contributed by atoms with Crippen LogP contribution in [0.25, 0.3) is 11.1 Å². The van der Waals surface area contributed by atoms with Crippen molar-refractivity contribution in [3.63, 3.8) is 0 Å². The topological polar surface area (TPSA) is 42.0 Å². The molecule has 1 aromatic carbocycles. The second-order valence-corrected chi connectivity index (χ2v) is 4.72. The highest BCUT2D eigenvalue weighted by molar-refractivity contribution is 6.30. The van der Waals surface area contributed by atoms with Crippen molar-refractivity contribution in [2.45, 2.75) is 12.8 Å². The molecular formula is C14H11ClN2O. The van der Waals surface area contributed by atoms with Crippen molar-refractivity contribution in [1.82, 2.24) is 4.98 Å². The normalized spacial score (nSPS) is 13.9. The van der Waals surface area contributed by atoms with Crippen molar-refractivity contribution >= 4 is 23.3 Å². The molecular weight excluding hydrogens is 248 g/mol. The maximum absolute atomic E-state index is 11.3. The molecule has 18 heavy (non-hydrogen) atoms. The van der Waals surface area contributed by atoms with E-state index in [9.17, 15) is 4.79 Å². The molecule has 0 fully saturated rings. The molecule has 3 rings (SSSR count). The molecule has 0 bridgehead atoms. The lowest BCUT2D eigenvalue weighted by atomic mass is 10.0. The molecule has 90 valence electrons. The first-order valence-electron chi connectivity index (χ1n) is 5.77. The van der Waals surface area contributed by atoms with Crippen molar-refractivity contribution in [2.24, 2.45) is 0 Å². The van der Waals surface area contributed by atoms with E-state index in [4.69, 9.17) is 11.6 Å². The second-order valence-electron chi connectivity index (χ2n) is 4.29. The summed E-state index contributed by atoms with van der Waals surface area (Å²) in [4.78, 5) is 15.6. The van der Waals surface area contributed by atoms with Crippen LogP contribution in [0.15, 0.2) is 36.5 Å². The molecule has 1 aliphatic heterocycles. The van der Waals surface area contributed by atoms with Crippen molar-refractivity contribution in [2.75, 3.05) is 5.32 Å². The van der Waals surface area contributed by atoms with Crippen molar-refractivity contribution in [1.29, 1.82) is 0 Å². The van der Waals surface area contributed by atoms with Gasteiger partial charge in [0, 0.05) is 23.2 Å². The summed E-state index contributed by atoms with van der Waals surface area (Å²) in [6, 6.07) is 9.72. The number of amides is 1. The Morgan fingerprint density at radius 3 is 2.67 bits per heavy atom. The summed E-state index contributed by atoms with van der Waals surface area (Å²) in [6.45, 7) is 0. The maximum atomic E-state index is 11.3. The van der Waals surface area contributed by atoms with Gasteiger partial charge in [-0.3, -0.25) is 4.79 Å². The largest absolute Gasteiger partial charge is 0.310 e. The summed E-state index contributed by atoms with van der Waals surface area (Å²) in [5, 5.41) is 3.50. The molecule has 0 atom stereocenters. The minimum atomic E-state index is 0.0363. The van der Waals surface area contributed by atoms with E-state index in [0.717, 1.165) is 28.1 Å². The molecule has 0 saturated heterocycles. The van der Waals surface area contributed by atoms with Crippen LogP contribution in [-0.2, 0) is 11.2 Å². The van der Waals surface area contributed by atoms with Gasteiger partial charge in [0.15, 0.2) is 0 Å². The molecule has 3 nitrogen and oxygen atoms in total. The number of anilines is 1. The number of hydrogen-bond donors (Lipinski definition) is 1. The third-order valence-corrected chi connectivity index (χ3v) is 3.28. The van der Waals surface area contributed by atoms with Crippen LogP contribution in [0.5, 0.6) is 0 Å². The molecule has 4 heteroatoms. The maximum Gasteiger partial charge on any atom is 0.225 e. The Kier molecular flexibility index (Phi) is 2.76. The van der Waals surface area contributed by atoms with Crippen LogP contribution in [0.4, 0.5) is 5.82 Å². The number of carbonyl (C=O) groups is 1. The predicted molar refractivity (Wildman–Crippen MR) is 71.6 cm³/mol. The van der Waals surface area contributed by atoms with Gasteiger partial charge in [0.05, 0.1) is 0 Å². The van der Waals surface area contributed by atoms with E-state index in [-0.39, 0.29) is 5.91 Å². The van der Waals surface area contributed by atoms with Gasteiger partial charge in [0.2, 0.25) is 5.91 Å². The van der Waals surface area contributed by atoms with Gasteiger partial charge >= 0.3 is 0 Å². The van der Waals surface area contributed by atoms with E-state index >= 15 is 0 Å². The molecule has 0 saturated carbocycles. The fourth-order valence-electron chi connectivity index (χ4n) is 2.06. The smallest absolute Gasteiger partial charge is 0.225 e. The number of nitrogens with one attached hydrogen (secondary N) is 1. The number of aryl methyl sites for hydroxylation is 1. The zero-order valence-electron chi connectivity index (χ0n) is 9.61. The average Bonchev–Trinajstić information content (AvgIpc) is 2.39. The standard InChI is InChI=1S/C14H11ClN2O/c15-12-4-1-9(2-5-12)11-7-10-3-6-13(18)17-14(10)16-8-11/h1-2,4-5,7-8H,3,6H2,(H,16,17,18). The van der Waals surface area contributed by atoms with Gasteiger partial charge in [0.1, 0.15) is 5.82 Å². The Morgan fingerprint density at radius 2 is 1.89 bits per heavy atom. The minimum absolute atomic E-state index is 0.0363. The quantitative estimate of drug-likeness (QED) is 0.853. The molecule has 1 amide bonds. The fourth-order valence-corrected chi connectivity index (χ4v) is 2.18. The Bertz CT molecular complexity index is 608. The van der Waals surface area contributed by atoms with Crippen molar-refractivity contribution in [3.05, 3.63) is 47.1 Å². The number of pyridine rings is 1. The first-order chi connectivity index (χ1) is 8.72. The lowest BCUT2D eigenvalue weighted by molar-refractivity contribution is -0.116. The van der Waals surface area contributed by atoms with Crippen LogP contribution in [0.3, 0.4) is 0 Å². The van der Waals surface area contributed by atoms with Crippen LogP contribution in [0, 0.1) is 0 Å². The SMILES string of the molecule is O=C1CCc2cc(-c3ccc(Cl)cc3)cnc2N1. The molecule has 0 unspecified atom stereocenters. The molecule has 0 radical (unpaired) electrons. The van der Waals surface area contributed by atoms with E-state index in [1.54, 1.807) is 6.20 Å². The Labute approximate surface area is 110 Å². The predicted octanol–water partition coefficient (Wildman–Crippen LogP) is 3.29. The van der Waals surface area contributed by atoms with Crippen LogP contribution in [-0.4, -0.2) is 10.9 Å². The summed E-state index contributed by atoms with van der Waals surface area (Å²) >= 11 is 5.87. The highest BCUT2D eigenvalue weighted by atomic mass is 35.5. The molecule has 1 aromatic heterocycles. The van der Waals surface area contributed by atoms with Crippen LogP contribution in [0.2, 0.25) is 5.02 Å². The van der Waals surface area contributed by atoms with Gasteiger partial charge < -0.3 is 5.32 Å². The summed E-state index contributed by atoms with van der Waals surface area (Å²) in [5.74, 6) is 0.721. The highest BCUT2D eigenvalue weighted by Gasteiger charge is 2.16. The van der Waals surface area contributed by atoms with Gasteiger partial charge in [-0.2, -0.15) is 0 Å². The fraction of sp³-hybridized carbons (Fsp3) is 0.143. The number of rotatable bonds is 1. The summed E-state index contributed by atoms with van der Waals surface area (Å²) in [6.07, 6.45) is 3.04. The molecule has 0 aliphatic carbocycles. The molecule has 2 heterocycles. The summed E-state index contributed by atoms with van der Waals surface area (Å²) in [5.41, 5.74) is 3.20. The van der Waals surface area contributed by atoms with Gasteiger partial charge in [-0.15, -0.1) is 0 Å². The monoisotopic (exact) mass is 258 g/mol.